The maximum absolute atomic E-state index is 5.71. The molecule has 0 bridgehead atoms. The van der Waals surface area contributed by atoms with Gasteiger partial charge in [-0.25, -0.2) is 0 Å². The Morgan fingerprint density at radius 1 is 1.41 bits per heavy atom. The predicted molar refractivity (Wildman–Crippen MR) is 68.9 cm³/mol. The van der Waals surface area contributed by atoms with Crippen LogP contribution >= 0.6 is 11.8 Å². The molecule has 0 saturated carbocycles. The molecule has 1 unspecified atom stereocenters. The van der Waals surface area contributed by atoms with Crippen LogP contribution in [0.2, 0.25) is 0 Å². The smallest absolute Gasteiger partial charge is 0.191 e. The lowest BCUT2D eigenvalue weighted by Gasteiger charge is -2.07. The van der Waals surface area contributed by atoms with Gasteiger partial charge in [-0.2, -0.15) is 0 Å². The molecule has 1 aliphatic rings. The summed E-state index contributed by atoms with van der Waals surface area (Å²) in [5, 5.41) is 9.94. The van der Waals surface area contributed by atoms with Gasteiger partial charge >= 0.3 is 0 Å². The van der Waals surface area contributed by atoms with Gasteiger partial charge in [-0.15, -0.1) is 10.2 Å². The van der Waals surface area contributed by atoms with Gasteiger partial charge in [0.2, 0.25) is 0 Å². The van der Waals surface area contributed by atoms with E-state index >= 15 is 0 Å². The van der Waals surface area contributed by atoms with Crippen LogP contribution in [-0.2, 0) is 6.54 Å². The van der Waals surface area contributed by atoms with Crippen molar-refractivity contribution < 1.29 is 0 Å². The molecule has 0 radical (unpaired) electrons. The number of aryl methyl sites for hydroxylation is 1. The summed E-state index contributed by atoms with van der Waals surface area (Å²) >= 11 is 1.72. The van der Waals surface area contributed by atoms with Crippen molar-refractivity contribution in [3.8, 4) is 11.4 Å². The van der Waals surface area contributed by atoms with Crippen molar-refractivity contribution in [2.45, 2.75) is 23.9 Å². The highest BCUT2D eigenvalue weighted by Crippen LogP contribution is 2.34. The van der Waals surface area contributed by atoms with Gasteiger partial charge in [-0.05, 0) is 12.5 Å². The highest BCUT2D eigenvalue weighted by Gasteiger charge is 2.26. The molecule has 3 rings (SSSR count). The second kappa shape index (κ2) is 4.16. The second-order valence-electron chi connectivity index (χ2n) is 4.21. The summed E-state index contributed by atoms with van der Waals surface area (Å²) in [7, 11) is 0. The van der Waals surface area contributed by atoms with Crippen LogP contribution in [0.15, 0.2) is 29.4 Å². The van der Waals surface area contributed by atoms with E-state index in [-0.39, 0.29) is 0 Å². The number of nitrogens with two attached hydrogens (primary N) is 1. The van der Waals surface area contributed by atoms with Crippen LogP contribution in [0.5, 0.6) is 0 Å². The molecule has 1 aromatic carbocycles. The molecule has 2 heterocycles. The fourth-order valence-electron chi connectivity index (χ4n) is 2.08. The number of benzene rings is 1. The quantitative estimate of drug-likeness (QED) is 0.876. The molecule has 2 N–H and O–H groups in total. The van der Waals surface area contributed by atoms with Crippen molar-refractivity contribution in [3.63, 3.8) is 0 Å². The highest BCUT2D eigenvalue weighted by atomic mass is 32.2. The zero-order valence-electron chi connectivity index (χ0n) is 9.63. The minimum Gasteiger partial charge on any atom is -0.329 e. The van der Waals surface area contributed by atoms with Crippen molar-refractivity contribution in [2.24, 2.45) is 5.73 Å². The van der Waals surface area contributed by atoms with Crippen molar-refractivity contribution in [1.29, 1.82) is 0 Å². The molecule has 5 heteroatoms. The molecular formula is C12H14N4S. The van der Waals surface area contributed by atoms with Gasteiger partial charge in [0.25, 0.3) is 0 Å². The standard InChI is InChI=1S/C12H14N4S/c1-8-4-2-3-5-10(8)11-14-15-12-16(11)7-9(6-13)17-12/h2-5,9H,6-7,13H2,1H3. The molecule has 0 aliphatic carbocycles. The Morgan fingerprint density at radius 3 is 3.00 bits per heavy atom. The van der Waals surface area contributed by atoms with Crippen LogP contribution in [0, 0.1) is 6.92 Å². The van der Waals surface area contributed by atoms with E-state index in [1.54, 1.807) is 11.8 Å². The number of rotatable bonds is 2. The van der Waals surface area contributed by atoms with E-state index < -0.39 is 0 Å². The van der Waals surface area contributed by atoms with Gasteiger partial charge in [-0.3, -0.25) is 0 Å². The monoisotopic (exact) mass is 246 g/mol. The zero-order chi connectivity index (χ0) is 11.8. The lowest BCUT2D eigenvalue weighted by Crippen LogP contribution is -2.18. The van der Waals surface area contributed by atoms with Gasteiger partial charge in [-0.1, -0.05) is 36.0 Å². The average Bonchev–Trinajstić information content (AvgIpc) is 2.89. The fraction of sp³-hybridized carbons (Fsp3) is 0.333. The van der Waals surface area contributed by atoms with Crippen LogP contribution in [0.25, 0.3) is 11.4 Å². The fourth-order valence-corrected chi connectivity index (χ4v) is 3.07. The number of nitrogens with zero attached hydrogens (tertiary/aromatic N) is 3. The highest BCUT2D eigenvalue weighted by molar-refractivity contribution is 8.00. The van der Waals surface area contributed by atoms with Crippen LogP contribution in [-0.4, -0.2) is 26.6 Å². The Kier molecular flexibility index (Phi) is 2.64. The van der Waals surface area contributed by atoms with Crippen LogP contribution in [0.3, 0.4) is 0 Å². The minimum absolute atomic E-state index is 0.434. The third-order valence-corrected chi connectivity index (χ3v) is 4.21. The van der Waals surface area contributed by atoms with Crippen LogP contribution in [0.1, 0.15) is 5.56 Å². The molecule has 1 atom stereocenters. The molecule has 17 heavy (non-hydrogen) atoms. The molecule has 1 aliphatic heterocycles. The molecule has 4 nitrogen and oxygen atoms in total. The molecule has 2 aromatic rings. The van der Waals surface area contributed by atoms with E-state index in [0.29, 0.717) is 11.8 Å². The van der Waals surface area contributed by atoms with E-state index in [2.05, 4.69) is 33.8 Å². The number of fused-ring (bicyclic) bond motifs is 1. The Hall–Kier alpha value is -1.33. The predicted octanol–water partition coefficient (Wildman–Crippen LogP) is 1.69. The van der Waals surface area contributed by atoms with Gasteiger partial charge < -0.3 is 10.3 Å². The van der Waals surface area contributed by atoms with E-state index in [1.807, 2.05) is 12.1 Å². The lowest BCUT2D eigenvalue weighted by molar-refractivity contribution is 0.655. The summed E-state index contributed by atoms with van der Waals surface area (Å²) in [5.41, 5.74) is 8.09. The summed E-state index contributed by atoms with van der Waals surface area (Å²) in [4.78, 5) is 0. The molecular weight excluding hydrogens is 232 g/mol. The van der Waals surface area contributed by atoms with Crippen LogP contribution < -0.4 is 5.73 Å². The third-order valence-electron chi connectivity index (χ3n) is 3.02. The number of hydrogen-bond donors (Lipinski definition) is 1. The molecule has 0 amide bonds. The van der Waals surface area contributed by atoms with Gasteiger partial charge in [0, 0.05) is 23.9 Å². The summed E-state index contributed by atoms with van der Waals surface area (Å²) in [6.07, 6.45) is 0. The first-order chi connectivity index (χ1) is 8.29. The first-order valence-electron chi connectivity index (χ1n) is 5.65. The minimum atomic E-state index is 0.434. The Labute approximate surface area is 104 Å². The molecule has 1 aromatic heterocycles. The Morgan fingerprint density at radius 2 is 2.24 bits per heavy atom. The summed E-state index contributed by atoms with van der Waals surface area (Å²) < 4.78 is 2.17. The third kappa shape index (κ3) is 1.75. The van der Waals surface area contributed by atoms with Crippen molar-refractivity contribution in [1.82, 2.24) is 14.8 Å². The molecule has 88 valence electrons. The molecule has 0 saturated heterocycles. The van der Waals surface area contributed by atoms with Crippen molar-refractivity contribution in [3.05, 3.63) is 29.8 Å². The maximum atomic E-state index is 5.71. The van der Waals surface area contributed by atoms with Gasteiger partial charge in [0.05, 0.1) is 0 Å². The van der Waals surface area contributed by atoms with Gasteiger partial charge in [0.15, 0.2) is 11.0 Å². The number of aromatic nitrogens is 3. The first kappa shape index (κ1) is 10.8. The van der Waals surface area contributed by atoms with E-state index in [0.717, 1.165) is 23.1 Å². The topological polar surface area (TPSA) is 56.7 Å². The van der Waals surface area contributed by atoms with E-state index in [9.17, 15) is 0 Å². The summed E-state index contributed by atoms with van der Waals surface area (Å²) in [6.45, 7) is 3.69. The largest absolute Gasteiger partial charge is 0.329 e. The lowest BCUT2D eigenvalue weighted by atomic mass is 10.1. The van der Waals surface area contributed by atoms with Crippen molar-refractivity contribution in [2.75, 3.05) is 6.54 Å². The Bertz CT molecular complexity index is 549. The summed E-state index contributed by atoms with van der Waals surface area (Å²) in [5.74, 6) is 0.960. The Balaban J connectivity index is 2.05. The second-order valence-corrected chi connectivity index (χ2v) is 5.47. The first-order valence-corrected chi connectivity index (χ1v) is 6.53. The maximum Gasteiger partial charge on any atom is 0.191 e. The normalized spacial score (nSPS) is 18.4. The average molecular weight is 246 g/mol. The molecule has 0 fully saturated rings. The van der Waals surface area contributed by atoms with Gasteiger partial charge in [0.1, 0.15) is 0 Å². The SMILES string of the molecule is Cc1ccccc1-c1nnc2n1CC(CN)S2. The number of thioether (sulfide) groups is 1. The zero-order valence-corrected chi connectivity index (χ0v) is 10.4. The van der Waals surface area contributed by atoms with Crippen LogP contribution in [0.4, 0.5) is 0 Å². The molecule has 0 spiro atoms. The van der Waals surface area contributed by atoms with Crippen molar-refractivity contribution >= 4 is 11.8 Å². The van der Waals surface area contributed by atoms with E-state index in [4.69, 9.17) is 5.73 Å². The number of hydrogen-bond acceptors (Lipinski definition) is 4. The van der Waals surface area contributed by atoms with E-state index in [1.165, 1.54) is 5.56 Å². The summed E-state index contributed by atoms with van der Waals surface area (Å²) in [6, 6.07) is 8.26.